The summed E-state index contributed by atoms with van der Waals surface area (Å²) in [7, 11) is -3.07. The standard InChI is InChI=1S/C17H20N4O5S/c1-11-4-2-3-5-13(11)17-20-16(26-21-17)8-14(22)18-9-15(23)19-12-6-7-27(24,25)10-12/h2-5,12H,6-10H2,1H3,(H,18,22)(H,19,23). The minimum absolute atomic E-state index is 0.0592. The maximum absolute atomic E-state index is 12.0. The van der Waals surface area contributed by atoms with Crippen molar-refractivity contribution in [3.8, 4) is 11.4 Å². The van der Waals surface area contributed by atoms with E-state index in [1.165, 1.54) is 0 Å². The molecule has 0 aliphatic carbocycles. The lowest BCUT2D eigenvalue weighted by atomic mass is 10.1. The van der Waals surface area contributed by atoms with Crippen molar-refractivity contribution in [2.45, 2.75) is 25.8 Å². The number of carbonyl (C=O) groups is 2. The van der Waals surface area contributed by atoms with E-state index in [0.717, 1.165) is 11.1 Å². The van der Waals surface area contributed by atoms with E-state index in [0.29, 0.717) is 12.2 Å². The summed E-state index contributed by atoms with van der Waals surface area (Å²) in [6.07, 6.45) is 0.246. The number of sulfone groups is 1. The Labute approximate surface area is 156 Å². The molecule has 9 nitrogen and oxygen atoms in total. The summed E-state index contributed by atoms with van der Waals surface area (Å²) in [5.74, 6) is -0.314. The lowest BCUT2D eigenvalue weighted by Gasteiger charge is -2.11. The highest BCUT2D eigenvalue weighted by Crippen LogP contribution is 2.19. The number of hydrogen-bond donors (Lipinski definition) is 2. The number of aromatic nitrogens is 2. The first-order valence-electron chi connectivity index (χ1n) is 8.47. The fourth-order valence-corrected chi connectivity index (χ4v) is 4.50. The number of carbonyl (C=O) groups excluding carboxylic acids is 2. The van der Waals surface area contributed by atoms with Gasteiger partial charge >= 0.3 is 0 Å². The van der Waals surface area contributed by atoms with Crippen molar-refractivity contribution < 1.29 is 22.5 Å². The molecule has 27 heavy (non-hydrogen) atoms. The van der Waals surface area contributed by atoms with Crippen molar-refractivity contribution in [2.75, 3.05) is 18.1 Å². The fraction of sp³-hybridized carbons (Fsp3) is 0.412. The number of aryl methyl sites for hydroxylation is 1. The molecule has 2 heterocycles. The van der Waals surface area contributed by atoms with Gasteiger partial charge in [-0.05, 0) is 18.9 Å². The zero-order valence-electron chi connectivity index (χ0n) is 14.8. The Balaban J connectivity index is 1.47. The molecule has 1 aromatic carbocycles. The van der Waals surface area contributed by atoms with Gasteiger partial charge in [0.15, 0.2) is 9.84 Å². The van der Waals surface area contributed by atoms with E-state index in [-0.39, 0.29) is 30.4 Å². The van der Waals surface area contributed by atoms with Crippen LogP contribution in [0, 0.1) is 6.92 Å². The van der Waals surface area contributed by atoms with Gasteiger partial charge in [-0.25, -0.2) is 8.42 Å². The lowest BCUT2D eigenvalue weighted by Crippen LogP contribution is -2.42. The molecule has 1 aliphatic heterocycles. The average Bonchev–Trinajstić information content (AvgIpc) is 3.19. The zero-order chi connectivity index (χ0) is 19.4. The molecule has 10 heteroatoms. The summed E-state index contributed by atoms with van der Waals surface area (Å²) in [6, 6.07) is 7.15. The van der Waals surface area contributed by atoms with E-state index >= 15 is 0 Å². The Hall–Kier alpha value is -2.75. The molecular formula is C17H20N4O5S. The molecule has 1 unspecified atom stereocenters. The predicted octanol–water partition coefficient (Wildman–Crippen LogP) is 0.00702. The summed E-state index contributed by atoms with van der Waals surface area (Å²) in [6.45, 7) is 1.68. The zero-order valence-corrected chi connectivity index (χ0v) is 15.6. The summed E-state index contributed by atoms with van der Waals surface area (Å²) >= 11 is 0. The van der Waals surface area contributed by atoms with Crippen LogP contribution in [0.25, 0.3) is 11.4 Å². The highest BCUT2D eigenvalue weighted by atomic mass is 32.2. The molecule has 144 valence electrons. The molecule has 0 radical (unpaired) electrons. The van der Waals surface area contributed by atoms with Crippen molar-refractivity contribution in [1.82, 2.24) is 20.8 Å². The quantitative estimate of drug-likeness (QED) is 0.708. The van der Waals surface area contributed by atoms with Gasteiger partial charge < -0.3 is 15.2 Å². The first kappa shape index (κ1) is 19.0. The van der Waals surface area contributed by atoms with E-state index in [4.69, 9.17) is 4.52 Å². The molecule has 0 bridgehead atoms. The molecule has 1 saturated heterocycles. The first-order valence-corrected chi connectivity index (χ1v) is 10.3. The van der Waals surface area contributed by atoms with Gasteiger partial charge in [0, 0.05) is 11.6 Å². The maximum Gasteiger partial charge on any atom is 0.239 e. The first-order chi connectivity index (χ1) is 12.8. The second-order valence-corrected chi connectivity index (χ2v) is 8.68. The van der Waals surface area contributed by atoms with Gasteiger partial charge in [0.05, 0.1) is 18.1 Å². The van der Waals surface area contributed by atoms with Crippen molar-refractivity contribution in [3.05, 3.63) is 35.7 Å². The van der Waals surface area contributed by atoms with Crippen LogP contribution in [0.4, 0.5) is 0 Å². The van der Waals surface area contributed by atoms with Crippen LogP contribution in [-0.4, -0.2) is 54.5 Å². The third-order valence-corrected chi connectivity index (χ3v) is 5.98. The molecule has 0 saturated carbocycles. The topological polar surface area (TPSA) is 131 Å². The van der Waals surface area contributed by atoms with Crippen LogP contribution in [0.3, 0.4) is 0 Å². The van der Waals surface area contributed by atoms with Gasteiger partial charge in [-0.3, -0.25) is 9.59 Å². The van der Waals surface area contributed by atoms with Crippen molar-refractivity contribution in [3.63, 3.8) is 0 Å². The summed E-state index contributed by atoms with van der Waals surface area (Å²) in [5.41, 5.74) is 1.80. The van der Waals surface area contributed by atoms with E-state index < -0.39 is 27.7 Å². The van der Waals surface area contributed by atoms with E-state index in [9.17, 15) is 18.0 Å². The maximum atomic E-state index is 12.0. The Morgan fingerprint density at radius 3 is 2.74 bits per heavy atom. The largest absolute Gasteiger partial charge is 0.351 e. The molecule has 1 aliphatic rings. The van der Waals surface area contributed by atoms with E-state index in [2.05, 4.69) is 20.8 Å². The second kappa shape index (κ2) is 7.87. The minimum atomic E-state index is -3.07. The molecule has 1 aromatic heterocycles. The smallest absolute Gasteiger partial charge is 0.239 e. The molecule has 2 amide bonds. The Kier molecular flexibility index (Phi) is 5.54. The van der Waals surface area contributed by atoms with Crippen LogP contribution in [-0.2, 0) is 25.8 Å². The highest BCUT2D eigenvalue weighted by molar-refractivity contribution is 7.91. The molecule has 2 N–H and O–H groups in total. The molecule has 0 spiro atoms. The van der Waals surface area contributed by atoms with Crippen LogP contribution < -0.4 is 10.6 Å². The molecular weight excluding hydrogens is 372 g/mol. The predicted molar refractivity (Wildman–Crippen MR) is 96.4 cm³/mol. The molecule has 1 atom stereocenters. The lowest BCUT2D eigenvalue weighted by molar-refractivity contribution is -0.126. The molecule has 2 aromatic rings. The number of benzene rings is 1. The third-order valence-electron chi connectivity index (χ3n) is 4.21. The minimum Gasteiger partial charge on any atom is -0.351 e. The van der Waals surface area contributed by atoms with Crippen LogP contribution in [0.1, 0.15) is 17.9 Å². The monoisotopic (exact) mass is 392 g/mol. The summed E-state index contributed by atoms with van der Waals surface area (Å²) in [5, 5.41) is 8.93. The van der Waals surface area contributed by atoms with Gasteiger partial charge in [-0.1, -0.05) is 29.4 Å². The number of amides is 2. The second-order valence-electron chi connectivity index (χ2n) is 6.45. The van der Waals surface area contributed by atoms with Crippen molar-refractivity contribution in [1.29, 1.82) is 0 Å². The van der Waals surface area contributed by atoms with Crippen LogP contribution in [0.15, 0.2) is 28.8 Å². The highest BCUT2D eigenvalue weighted by Gasteiger charge is 2.28. The van der Waals surface area contributed by atoms with Crippen LogP contribution in [0.5, 0.6) is 0 Å². The number of nitrogens with one attached hydrogen (secondary N) is 2. The van der Waals surface area contributed by atoms with E-state index in [1.807, 2.05) is 31.2 Å². The number of hydrogen-bond acceptors (Lipinski definition) is 7. The molecule has 3 rings (SSSR count). The van der Waals surface area contributed by atoms with Crippen LogP contribution >= 0.6 is 0 Å². The van der Waals surface area contributed by atoms with Gasteiger partial charge in [0.1, 0.15) is 6.42 Å². The Morgan fingerprint density at radius 2 is 2.04 bits per heavy atom. The average molecular weight is 392 g/mol. The van der Waals surface area contributed by atoms with Gasteiger partial charge in [0.2, 0.25) is 23.5 Å². The third kappa shape index (κ3) is 5.13. The summed E-state index contributed by atoms with van der Waals surface area (Å²) < 4.78 is 27.8. The van der Waals surface area contributed by atoms with Gasteiger partial charge in [0.25, 0.3) is 0 Å². The van der Waals surface area contributed by atoms with Crippen molar-refractivity contribution in [2.24, 2.45) is 0 Å². The van der Waals surface area contributed by atoms with Crippen molar-refractivity contribution >= 4 is 21.7 Å². The van der Waals surface area contributed by atoms with E-state index in [1.54, 1.807) is 0 Å². The SMILES string of the molecule is Cc1ccccc1-c1noc(CC(=O)NCC(=O)NC2CCS(=O)(=O)C2)n1. The Bertz CT molecular complexity index is 954. The van der Waals surface area contributed by atoms with Gasteiger partial charge in [-0.15, -0.1) is 0 Å². The summed E-state index contributed by atoms with van der Waals surface area (Å²) in [4.78, 5) is 28.0. The number of nitrogens with zero attached hydrogens (tertiary/aromatic N) is 2. The Morgan fingerprint density at radius 1 is 1.26 bits per heavy atom. The van der Waals surface area contributed by atoms with Crippen LogP contribution in [0.2, 0.25) is 0 Å². The number of rotatable bonds is 6. The fourth-order valence-electron chi connectivity index (χ4n) is 2.83. The molecule has 1 fully saturated rings. The van der Waals surface area contributed by atoms with Gasteiger partial charge in [-0.2, -0.15) is 4.98 Å². The normalized spacial score (nSPS) is 18.2.